The van der Waals surface area contributed by atoms with Crippen LogP contribution in [0.25, 0.3) is 0 Å². The molecule has 0 saturated heterocycles. The molecule has 166 valence electrons. The molecule has 0 aromatic heterocycles. The smallest absolute Gasteiger partial charge is 0.338 e. The van der Waals surface area contributed by atoms with Gasteiger partial charge in [0.1, 0.15) is 0 Å². The fourth-order valence-corrected chi connectivity index (χ4v) is 3.60. The van der Waals surface area contributed by atoms with Crippen molar-refractivity contribution in [2.24, 2.45) is 0 Å². The molecule has 8 heteroatoms. The van der Waals surface area contributed by atoms with Crippen LogP contribution in [0.2, 0.25) is 5.02 Å². The SMILES string of the molecule is Cc1ccc(NC(=O)C(C)OC(=O)c2ccc3c(c2)C(=O)N(c2ccccc2Cl)C3=O)cc1. The van der Waals surface area contributed by atoms with Crippen molar-refractivity contribution in [1.82, 2.24) is 0 Å². The normalized spacial score (nSPS) is 13.5. The summed E-state index contributed by atoms with van der Waals surface area (Å²) in [4.78, 5) is 51.7. The largest absolute Gasteiger partial charge is 0.449 e. The lowest BCUT2D eigenvalue weighted by Gasteiger charge is -2.15. The number of rotatable bonds is 5. The number of anilines is 2. The van der Waals surface area contributed by atoms with Gasteiger partial charge < -0.3 is 10.1 Å². The lowest BCUT2D eigenvalue weighted by atomic mass is 10.1. The summed E-state index contributed by atoms with van der Waals surface area (Å²) >= 11 is 6.15. The molecule has 1 N–H and O–H groups in total. The molecular weight excluding hydrogens is 444 g/mol. The predicted molar refractivity (Wildman–Crippen MR) is 124 cm³/mol. The molecule has 1 aliphatic heterocycles. The number of aryl methyl sites for hydroxylation is 1. The van der Waals surface area contributed by atoms with Crippen LogP contribution in [-0.4, -0.2) is 29.8 Å². The highest BCUT2D eigenvalue weighted by Gasteiger charge is 2.38. The number of nitrogens with one attached hydrogen (secondary N) is 1. The van der Waals surface area contributed by atoms with Gasteiger partial charge in [-0.05, 0) is 56.3 Å². The number of hydrogen-bond acceptors (Lipinski definition) is 5. The maximum absolute atomic E-state index is 12.9. The van der Waals surface area contributed by atoms with E-state index in [1.807, 2.05) is 19.1 Å². The average molecular weight is 463 g/mol. The van der Waals surface area contributed by atoms with Crippen LogP contribution in [0.4, 0.5) is 11.4 Å². The molecule has 7 nitrogen and oxygen atoms in total. The quantitative estimate of drug-likeness (QED) is 0.440. The Morgan fingerprint density at radius 1 is 0.939 bits per heavy atom. The van der Waals surface area contributed by atoms with Crippen molar-refractivity contribution in [2.45, 2.75) is 20.0 Å². The Labute approximate surface area is 194 Å². The number of halogens is 1. The van der Waals surface area contributed by atoms with E-state index in [1.165, 1.54) is 25.1 Å². The fourth-order valence-electron chi connectivity index (χ4n) is 3.38. The third-order valence-electron chi connectivity index (χ3n) is 5.19. The summed E-state index contributed by atoms with van der Waals surface area (Å²) in [6.07, 6.45) is -1.08. The van der Waals surface area contributed by atoms with Crippen molar-refractivity contribution < 1.29 is 23.9 Å². The molecule has 33 heavy (non-hydrogen) atoms. The zero-order valence-electron chi connectivity index (χ0n) is 17.8. The highest BCUT2D eigenvalue weighted by atomic mass is 35.5. The summed E-state index contributed by atoms with van der Waals surface area (Å²) in [5.74, 6) is -2.41. The van der Waals surface area contributed by atoms with Gasteiger partial charge in [-0.3, -0.25) is 14.4 Å². The molecule has 4 rings (SSSR count). The van der Waals surface area contributed by atoms with Crippen LogP contribution < -0.4 is 10.2 Å². The van der Waals surface area contributed by atoms with E-state index in [0.29, 0.717) is 5.69 Å². The van der Waals surface area contributed by atoms with Gasteiger partial charge in [0.25, 0.3) is 17.7 Å². The van der Waals surface area contributed by atoms with E-state index in [2.05, 4.69) is 5.32 Å². The third-order valence-corrected chi connectivity index (χ3v) is 5.51. The monoisotopic (exact) mass is 462 g/mol. The lowest BCUT2D eigenvalue weighted by Crippen LogP contribution is -2.30. The summed E-state index contributed by atoms with van der Waals surface area (Å²) in [5, 5.41) is 2.93. The Morgan fingerprint density at radius 3 is 2.30 bits per heavy atom. The standard InChI is InChI=1S/C25H19ClN2O5/c1-14-7-10-17(11-8-14)27-22(29)15(2)33-25(32)16-9-12-18-19(13-16)24(31)28(23(18)30)21-6-4-3-5-20(21)26/h3-13,15H,1-2H3,(H,27,29). The number of ether oxygens (including phenoxy) is 1. The number of benzene rings is 3. The molecule has 1 atom stereocenters. The molecule has 0 radical (unpaired) electrons. The van der Waals surface area contributed by atoms with E-state index < -0.39 is 29.8 Å². The van der Waals surface area contributed by atoms with Crippen molar-refractivity contribution in [3.8, 4) is 0 Å². The summed E-state index contributed by atoms with van der Waals surface area (Å²) in [6, 6.07) is 17.7. The number of imide groups is 1. The second kappa shape index (κ2) is 8.88. The van der Waals surface area contributed by atoms with E-state index in [9.17, 15) is 19.2 Å². The topological polar surface area (TPSA) is 92.8 Å². The first-order valence-electron chi connectivity index (χ1n) is 10.1. The van der Waals surface area contributed by atoms with Gasteiger partial charge in [-0.25, -0.2) is 9.69 Å². The van der Waals surface area contributed by atoms with Gasteiger partial charge in [0.2, 0.25) is 0 Å². The Balaban J connectivity index is 1.49. The number of esters is 1. The molecule has 0 spiro atoms. The maximum atomic E-state index is 12.9. The van der Waals surface area contributed by atoms with E-state index in [0.717, 1.165) is 10.5 Å². The minimum atomic E-state index is -1.08. The van der Waals surface area contributed by atoms with E-state index in [1.54, 1.807) is 36.4 Å². The van der Waals surface area contributed by atoms with Gasteiger partial charge in [0, 0.05) is 5.69 Å². The molecule has 3 aromatic rings. The molecule has 0 bridgehead atoms. The first-order chi connectivity index (χ1) is 15.8. The second-order valence-electron chi connectivity index (χ2n) is 7.56. The molecular formula is C25H19ClN2O5. The Kier molecular flexibility index (Phi) is 5.98. The maximum Gasteiger partial charge on any atom is 0.338 e. The number of nitrogens with zero attached hydrogens (tertiary/aromatic N) is 1. The first-order valence-corrected chi connectivity index (χ1v) is 10.5. The van der Waals surface area contributed by atoms with Gasteiger partial charge >= 0.3 is 5.97 Å². The number of para-hydroxylation sites is 1. The summed E-state index contributed by atoms with van der Waals surface area (Å²) < 4.78 is 5.26. The van der Waals surface area contributed by atoms with Crippen molar-refractivity contribution in [2.75, 3.05) is 10.2 Å². The van der Waals surface area contributed by atoms with Crippen LogP contribution in [0.3, 0.4) is 0 Å². The third kappa shape index (κ3) is 4.36. The van der Waals surface area contributed by atoms with Gasteiger partial charge in [-0.15, -0.1) is 0 Å². The highest BCUT2D eigenvalue weighted by Crippen LogP contribution is 2.33. The number of amides is 3. The van der Waals surface area contributed by atoms with Crippen LogP contribution in [-0.2, 0) is 9.53 Å². The van der Waals surface area contributed by atoms with Crippen LogP contribution >= 0.6 is 11.6 Å². The molecule has 0 saturated carbocycles. The molecule has 0 fully saturated rings. The lowest BCUT2D eigenvalue weighted by molar-refractivity contribution is -0.123. The zero-order valence-corrected chi connectivity index (χ0v) is 18.6. The van der Waals surface area contributed by atoms with Crippen molar-refractivity contribution in [3.63, 3.8) is 0 Å². The number of hydrogen-bond donors (Lipinski definition) is 1. The van der Waals surface area contributed by atoms with Crippen LogP contribution in [0, 0.1) is 6.92 Å². The molecule has 1 unspecified atom stereocenters. The molecule has 0 aliphatic carbocycles. The molecule has 1 heterocycles. The molecule has 1 aliphatic rings. The fraction of sp³-hybridized carbons (Fsp3) is 0.120. The van der Waals surface area contributed by atoms with Crippen LogP contribution in [0.5, 0.6) is 0 Å². The molecule has 3 aromatic carbocycles. The van der Waals surface area contributed by atoms with Crippen LogP contribution in [0.1, 0.15) is 43.6 Å². The van der Waals surface area contributed by atoms with Gasteiger partial charge in [0.15, 0.2) is 6.10 Å². The predicted octanol–water partition coefficient (Wildman–Crippen LogP) is 4.63. The first kappa shape index (κ1) is 22.2. The minimum absolute atomic E-state index is 0.0471. The minimum Gasteiger partial charge on any atom is -0.449 e. The Morgan fingerprint density at radius 2 is 1.61 bits per heavy atom. The Bertz CT molecular complexity index is 1290. The van der Waals surface area contributed by atoms with Gasteiger partial charge in [-0.1, -0.05) is 41.4 Å². The zero-order chi connectivity index (χ0) is 23.7. The second-order valence-corrected chi connectivity index (χ2v) is 7.97. The van der Waals surface area contributed by atoms with E-state index in [4.69, 9.17) is 16.3 Å². The summed E-state index contributed by atoms with van der Waals surface area (Å²) in [7, 11) is 0. The summed E-state index contributed by atoms with van der Waals surface area (Å²) in [5.41, 5.74) is 2.15. The molecule has 3 amide bonds. The number of carbonyl (C=O) groups excluding carboxylic acids is 4. The van der Waals surface area contributed by atoms with Crippen molar-refractivity contribution in [1.29, 1.82) is 0 Å². The van der Waals surface area contributed by atoms with Gasteiger partial charge in [-0.2, -0.15) is 0 Å². The number of carbonyl (C=O) groups is 4. The van der Waals surface area contributed by atoms with E-state index in [-0.39, 0.29) is 27.4 Å². The van der Waals surface area contributed by atoms with E-state index >= 15 is 0 Å². The highest BCUT2D eigenvalue weighted by molar-refractivity contribution is 6.39. The van der Waals surface area contributed by atoms with Crippen molar-refractivity contribution in [3.05, 3.63) is 94.0 Å². The average Bonchev–Trinajstić information content (AvgIpc) is 3.05. The number of fused-ring (bicyclic) bond motifs is 1. The van der Waals surface area contributed by atoms with Crippen molar-refractivity contribution >= 4 is 46.7 Å². The summed E-state index contributed by atoms with van der Waals surface area (Å²) in [6.45, 7) is 3.38. The van der Waals surface area contributed by atoms with Crippen LogP contribution in [0.15, 0.2) is 66.7 Å². The Hall–Kier alpha value is -3.97. The van der Waals surface area contributed by atoms with Gasteiger partial charge in [0.05, 0.1) is 27.4 Å².